The Balaban J connectivity index is 2.09. The topological polar surface area (TPSA) is 12.5 Å². The summed E-state index contributed by atoms with van der Waals surface area (Å²) < 4.78 is 5.54. The van der Waals surface area contributed by atoms with Gasteiger partial charge in [-0.25, -0.2) is 0 Å². The maximum Gasteiger partial charge on any atom is 0.193 e. The summed E-state index contributed by atoms with van der Waals surface area (Å²) in [6, 6.07) is 16.5. The molecule has 1 aliphatic rings. The lowest BCUT2D eigenvalue weighted by molar-refractivity contribution is 0.446. The first-order valence-corrected chi connectivity index (χ1v) is 5.55. The Bertz CT molecular complexity index is 575. The van der Waals surface area contributed by atoms with E-state index in [4.69, 9.17) is 4.74 Å². The van der Waals surface area contributed by atoms with E-state index in [1.54, 1.807) is 0 Å². The first-order chi connectivity index (χ1) is 8.25. The van der Waals surface area contributed by atoms with E-state index in [9.17, 15) is 0 Å². The van der Waals surface area contributed by atoms with E-state index in [1.807, 2.05) is 36.2 Å². The molecule has 1 heterocycles. The normalized spacial score (nSPS) is 13.5. The van der Waals surface area contributed by atoms with Crippen LogP contribution in [0, 0.1) is 0 Å². The van der Waals surface area contributed by atoms with Crippen molar-refractivity contribution in [1.82, 2.24) is 0 Å². The van der Waals surface area contributed by atoms with E-state index in [1.165, 1.54) is 11.1 Å². The molecular formula is C15H13NO. The zero-order valence-corrected chi connectivity index (χ0v) is 9.68. The van der Waals surface area contributed by atoms with Crippen molar-refractivity contribution in [2.75, 3.05) is 11.9 Å². The Morgan fingerprint density at radius 2 is 1.76 bits per heavy atom. The van der Waals surface area contributed by atoms with Crippen LogP contribution in [0.3, 0.4) is 0 Å². The molecule has 2 nitrogen and oxygen atoms in total. The van der Waals surface area contributed by atoms with Crippen molar-refractivity contribution in [2.24, 2.45) is 0 Å². The molecule has 0 bridgehead atoms. The molecule has 0 saturated heterocycles. The number of fused-ring (bicyclic) bond motifs is 1. The van der Waals surface area contributed by atoms with Gasteiger partial charge in [-0.1, -0.05) is 36.4 Å². The van der Waals surface area contributed by atoms with Crippen LogP contribution in [0.1, 0.15) is 0 Å². The van der Waals surface area contributed by atoms with Gasteiger partial charge in [0, 0.05) is 7.05 Å². The molecule has 0 spiro atoms. The van der Waals surface area contributed by atoms with Crippen molar-refractivity contribution < 1.29 is 4.74 Å². The van der Waals surface area contributed by atoms with Gasteiger partial charge in [0.2, 0.25) is 0 Å². The fourth-order valence-electron chi connectivity index (χ4n) is 2.01. The summed E-state index contributed by atoms with van der Waals surface area (Å²) in [6.07, 6.45) is 0. The Morgan fingerprint density at radius 3 is 2.53 bits per heavy atom. The molecule has 0 atom stereocenters. The lowest BCUT2D eigenvalue weighted by Gasteiger charge is -2.10. The number of hydrogen-bond donors (Lipinski definition) is 0. The second-order valence-corrected chi connectivity index (χ2v) is 4.10. The quantitative estimate of drug-likeness (QED) is 0.731. The number of benzene rings is 2. The monoisotopic (exact) mass is 223 g/mol. The molecule has 0 N–H and O–H groups in total. The van der Waals surface area contributed by atoms with Gasteiger partial charge in [0.25, 0.3) is 0 Å². The molecule has 0 amide bonds. The van der Waals surface area contributed by atoms with Crippen LogP contribution in [-0.2, 0) is 0 Å². The van der Waals surface area contributed by atoms with Gasteiger partial charge in [-0.3, -0.25) is 0 Å². The number of hydrogen-bond acceptors (Lipinski definition) is 2. The molecule has 0 aromatic heterocycles. The summed E-state index contributed by atoms with van der Waals surface area (Å²) in [6.45, 7) is 3.86. The third-order valence-corrected chi connectivity index (χ3v) is 3.03. The standard InChI is InChI=1S/C15H13NO/c1-11-16(2)14-10-13(8-9-15(14)17-11)12-6-4-3-5-7-12/h3-10H,1H2,2H3. The average molecular weight is 223 g/mol. The molecule has 17 heavy (non-hydrogen) atoms. The van der Waals surface area contributed by atoms with E-state index in [0.29, 0.717) is 5.88 Å². The molecule has 2 heteroatoms. The third-order valence-electron chi connectivity index (χ3n) is 3.03. The minimum absolute atomic E-state index is 0.671. The molecule has 0 radical (unpaired) electrons. The summed E-state index contributed by atoms with van der Waals surface area (Å²) in [5.41, 5.74) is 3.46. The zero-order chi connectivity index (χ0) is 11.8. The Labute approximate surface area is 101 Å². The summed E-state index contributed by atoms with van der Waals surface area (Å²) in [5.74, 6) is 1.54. The van der Waals surface area contributed by atoms with Crippen LogP contribution in [0.25, 0.3) is 11.1 Å². The van der Waals surface area contributed by atoms with E-state index < -0.39 is 0 Å². The molecule has 1 aliphatic heterocycles. The fraction of sp³-hybridized carbons (Fsp3) is 0.0667. The highest BCUT2D eigenvalue weighted by atomic mass is 16.5. The van der Waals surface area contributed by atoms with Crippen molar-refractivity contribution in [3.8, 4) is 16.9 Å². The average Bonchev–Trinajstić information content (AvgIpc) is 2.66. The van der Waals surface area contributed by atoms with Crippen LogP contribution in [0.15, 0.2) is 61.0 Å². The number of nitrogens with zero attached hydrogens (tertiary/aromatic N) is 1. The smallest absolute Gasteiger partial charge is 0.193 e. The van der Waals surface area contributed by atoms with Gasteiger partial charge >= 0.3 is 0 Å². The molecule has 2 aromatic carbocycles. The first kappa shape index (κ1) is 9.97. The lowest BCUT2D eigenvalue weighted by Crippen LogP contribution is -2.11. The number of rotatable bonds is 1. The maximum atomic E-state index is 5.54. The molecule has 3 rings (SSSR count). The van der Waals surface area contributed by atoms with Gasteiger partial charge in [-0.15, -0.1) is 0 Å². The van der Waals surface area contributed by atoms with Gasteiger partial charge in [0.05, 0.1) is 5.69 Å². The van der Waals surface area contributed by atoms with E-state index in [0.717, 1.165) is 11.4 Å². The second-order valence-electron chi connectivity index (χ2n) is 4.10. The third kappa shape index (κ3) is 1.58. The minimum Gasteiger partial charge on any atom is -0.439 e. The summed E-state index contributed by atoms with van der Waals surface area (Å²) >= 11 is 0. The minimum atomic E-state index is 0.671. The Hall–Kier alpha value is -2.22. The summed E-state index contributed by atoms with van der Waals surface area (Å²) in [4.78, 5) is 1.96. The molecule has 0 fully saturated rings. The van der Waals surface area contributed by atoms with Crippen molar-refractivity contribution in [3.05, 3.63) is 61.0 Å². The van der Waals surface area contributed by atoms with Crippen LogP contribution >= 0.6 is 0 Å². The molecular weight excluding hydrogens is 210 g/mol. The van der Waals surface area contributed by atoms with Crippen LogP contribution in [0.2, 0.25) is 0 Å². The highest BCUT2D eigenvalue weighted by Gasteiger charge is 2.21. The van der Waals surface area contributed by atoms with Crippen molar-refractivity contribution in [1.29, 1.82) is 0 Å². The summed E-state index contributed by atoms with van der Waals surface area (Å²) in [5, 5.41) is 0. The van der Waals surface area contributed by atoms with Gasteiger partial charge in [-0.2, -0.15) is 0 Å². The van der Waals surface area contributed by atoms with E-state index in [2.05, 4.69) is 30.8 Å². The fourth-order valence-corrected chi connectivity index (χ4v) is 2.01. The van der Waals surface area contributed by atoms with Crippen LogP contribution in [-0.4, -0.2) is 7.05 Å². The molecule has 84 valence electrons. The van der Waals surface area contributed by atoms with E-state index in [-0.39, 0.29) is 0 Å². The molecule has 2 aromatic rings. The predicted molar refractivity (Wildman–Crippen MR) is 70.0 cm³/mol. The molecule has 0 aliphatic carbocycles. The van der Waals surface area contributed by atoms with Crippen LogP contribution in [0.4, 0.5) is 5.69 Å². The highest BCUT2D eigenvalue weighted by molar-refractivity contribution is 5.75. The zero-order valence-electron chi connectivity index (χ0n) is 9.68. The van der Waals surface area contributed by atoms with Crippen LogP contribution in [0.5, 0.6) is 5.75 Å². The lowest BCUT2D eigenvalue weighted by atomic mass is 10.0. The predicted octanol–water partition coefficient (Wildman–Crippen LogP) is 3.65. The first-order valence-electron chi connectivity index (χ1n) is 5.55. The SMILES string of the molecule is C=C1Oc2ccc(-c3ccccc3)cc2N1C. The van der Waals surface area contributed by atoms with Crippen molar-refractivity contribution >= 4 is 5.69 Å². The largest absolute Gasteiger partial charge is 0.439 e. The van der Waals surface area contributed by atoms with Crippen molar-refractivity contribution in [2.45, 2.75) is 0 Å². The van der Waals surface area contributed by atoms with Crippen LogP contribution < -0.4 is 9.64 Å². The van der Waals surface area contributed by atoms with Gasteiger partial charge in [0.15, 0.2) is 11.6 Å². The van der Waals surface area contributed by atoms with Gasteiger partial charge in [0.1, 0.15) is 0 Å². The Morgan fingerprint density at radius 1 is 1.00 bits per heavy atom. The molecule has 0 unspecified atom stereocenters. The number of ether oxygens (including phenoxy) is 1. The van der Waals surface area contributed by atoms with Crippen molar-refractivity contribution in [3.63, 3.8) is 0 Å². The van der Waals surface area contributed by atoms with Gasteiger partial charge in [-0.05, 0) is 29.8 Å². The second kappa shape index (κ2) is 3.67. The maximum absolute atomic E-state index is 5.54. The highest BCUT2D eigenvalue weighted by Crippen LogP contribution is 2.39. The summed E-state index contributed by atoms with van der Waals surface area (Å²) in [7, 11) is 1.96. The molecule has 0 saturated carbocycles. The van der Waals surface area contributed by atoms with Gasteiger partial charge < -0.3 is 9.64 Å². The Kier molecular flexibility index (Phi) is 2.15. The van der Waals surface area contributed by atoms with E-state index >= 15 is 0 Å². The number of anilines is 1.